The summed E-state index contributed by atoms with van der Waals surface area (Å²) < 4.78 is 13.4. The number of hydrogen-bond donors (Lipinski definition) is 0. The Bertz CT molecular complexity index is 916. The van der Waals surface area contributed by atoms with E-state index in [9.17, 15) is 14.0 Å². The van der Waals surface area contributed by atoms with Gasteiger partial charge < -0.3 is 9.80 Å². The van der Waals surface area contributed by atoms with E-state index in [4.69, 9.17) is 0 Å². The van der Waals surface area contributed by atoms with Crippen molar-refractivity contribution in [2.24, 2.45) is 23.2 Å². The summed E-state index contributed by atoms with van der Waals surface area (Å²) in [6.07, 6.45) is 5.29. The lowest BCUT2D eigenvalue weighted by Gasteiger charge is -2.57. The van der Waals surface area contributed by atoms with Crippen molar-refractivity contribution in [3.05, 3.63) is 47.3 Å². The number of hydrogen-bond acceptors (Lipinski definition) is 3. The van der Waals surface area contributed by atoms with E-state index < -0.39 is 0 Å². The maximum Gasteiger partial charge on any atom is 0.254 e. The number of rotatable bonds is 8. The van der Waals surface area contributed by atoms with E-state index >= 15 is 0 Å². The highest BCUT2D eigenvalue weighted by molar-refractivity contribution is 5.94. The quantitative estimate of drug-likeness (QED) is 0.529. The first-order chi connectivity index (χ1) is 16.1. The minimum absolute atomic E-state index is 0.0362. The summed E-state index contributed by atoms with van der Waals surface area (Å²) >= 11 is 0. The highest BCUT2D eigenvalue weighted by atomic mass is 19.1. The van der Waals surface area contributed by atoms with Crippen molar-refractivity contribution in [1.29, 1.82) is 0 Å². The molecule has 2 bridgehead atoms. The van der Waals surface area contributed by atoms with E-state index in [0.717, 1.165) is 45.1 Å². The Morgan fingerprint density at radius 2 is 1.79 bits per heavy atom. The molecule has 5 rings (SSSR count). The number of nitrogens with zero attached hydrogens (tertiary/aromatic N) is 3. The molecule has 1 saturated heterocycles. The Morgan fingerprint density at radius 3 is 2.38 bits per heavy atom. The summed E-state index contributed by atoms with van der Waals surface area (Å²) in [6, 6.07) is 5.89. The third-order valence-electron chi connectivity index (χ3n) is 8.33. The fourth-order valence-electron chi connectivity index (χ4n) is 5.87. The molecule has 2 unspecified atom stereocenters. The Kier molecular flexibility index (Phi) is 7.46. The average molecular weight is 470 g/mol. The van der Waals surface area contributed by atoms with Crippen molar-refractivity contribution >= 4 is 11.8 Å². The highest BCUT2D eigenvalue weighted by Crippen LogP contribution is 2.59. The fourth-order valence-corrected chi connectivity index (χ4v) is 5.87. The molecule has 0 radical (unpaired) electrons. The van der Waals surface area contributed by atoms with E-state index in [2.05, 4.69) is 38.7 Å². The van der Waals surface area contributed by atoms with Gasteiger partial charge in [-0.1, -0.05) is 39.3 Å². The van der Waals surface area contributed by atoms with Gasteiger partial charge in [-0.2, -0.15) is 0 Å². The summed E-state index contributed by atoms with van der Waals surface area (Å²) in [5.74, 6) is 1.56. The predicted octanol–water partition coefficient (Wildman–Crippen LogP) is 4.45. The molecule has 1 saturated carbocycles. The molecule has 6 heteroatoms. The van der Waals surface area contributed by atoms with E-state index in [1.54, 1.807) is 12.1 Å². The van der Waals surface area contributed by atoms with Gasteiger partial charge in [-0.3, -0.25) is 14.5 Å². The van der Waals surface area contributed by atoms with Crippen LogP contribution in [-0.4, -0.2) is 72.3 Å². The van der Waals surface area contributed by atoms with E-state index in [0.29, 0.717) is 42.3 Å². The standard InChI is InChI=1S/C28H40FN3O2/c1-20(2)17-26(33)31-14-11-30(12-15-31)13-16-32(27(34)21-6-9-24(29)10-7-21)19-22-5-8-23-18-25(22)28(23,3)4/h5-7,9-10,20,23,25H,8,11-19H2,1-4H3. The minimum Gasteiger partial charge on any atom is -0.340 e. The Balaban J connectivity index is 1.39. The van der Waals surface area contributed by atoms with Crippen LogP contribution in [0.3, 0.4) is 0 Å². The maximum absolute atomic E-state index is 13.4. The third-order valence-corrected chi connectivity index (χ3v) is 8.33. The lowest BCUT2D eigenvalue weighted by Crippen LogP contribution is -2.52. The molecule has 186 valence electrons. The van der Waals surface area contributed by atoms with Gasteiger partial charge in [0, 0.05) is 57.8 Å². The Labute approximate surface area is 204 Å². The fraction of sp³-hybridized carbons (Fsp3) is 0.643. The molecular formula is C28H40FN3O2. The van der Waals surface area contributed by atoms with Crippen LogP contribution in [-0.2, 0) is 4.79 Å². The zero-order valence-corrected chi connectivity index (χ0v) is 21.2. The second-order valence-electron chi connectivity index (χ2n) is 11.4. The van der Waals surface area contributed by atoms with Crippen molar-refractivity contribution in [1.82, 2.24) is 14.7 Å². The lowest BCUT2D eigenvalue weighted by molar-refractivity contribution is -0.133. The number of halogens is 1. The van der Waals surface area contributed by atoms with Crippen LogP contribution in [0.4, 0.5) is 4.39 Å². The maximum atomic E-state index is 13.4. The van der Waals surface area contributed by atoms with Gasteiger partial charge in [0.2, 0.25) is 5.91 Å². The normalized spacial score (nSPS) is 23.9. The first kappa shape index (κ1) is 24.9. The van der Waals surface area contributed by atoms with Crippen LogP contribution in [0.25, 0.3) is 0 Å². The molecule has 5 nitrogen and oxygen atoms in total. The second kappa shape index (κ2) is 10.2. The number of carbonyl (C=O) groups is 2. The minimum atomic E-state index is -0.328. The second-order valence-corrected chi connectivity index (χ2v) is 11.4. The zero-order valence-electron chi connectivity index (χ0n) is 21.2. The van der Waals surface area contributed by atoms with Crippen molar-refractivity contribution in [2.75, 3.05) is 45.8 Å². The largest absolute Gasteiger partial charge is 0.340 e. The average Bonchev–Trinajstić information content (AvgIpc) is 2.81. The topological polar surface area (TPSA) is 43.9 Å². The van der Waals surface area contributed by atoms with Crippen molar-refractivity contribution in [3.63, 3.8) is 0 Å². The van der Waals surface area contributed by atoms with E-state index in [-0.39, 0.29) is 17.6 Å². The third kappa shape index (κ3) is 5.37. The summed E-state index contributed by atoms with van der Waals surface area (Å²) in [6.45, 7) is 14.1. The monoisotopic (exact) mass is 469 g/mol. The van der Waals surface area contributed by atoms with Crippen LogP contribution >= 0.6 is 0 Å². The smallest absolute Gasteiger partial charge is 0.254 e. The Morgan fingerprint density at radius 1 is 1.12 bits per heavy atom. The van der Waals surface area contributed by atoms with Crippen LogP contribution in [0, 0.1) is 29.0 Å². The first-order valence-corrected chi connectivity index (χ1v) is 12.9. The van der Waals surface area contributed by atoms with Crippen LogP contribution in [0.2, 0.25) is 0 Å². The number of fused-ring (bicyclic) bond motifs is 1. The summed E-state index contributed by atoms with van der Waals surface area (Å²) in [5.41, 5.74) is 2.23. The van der Waals surface area contributed by atoms with Crippen molar-refractivity contribution in [2.45, 2.75) is 47.0 Å². The van der Waals surface area contributed by atoms with E-state index in [1.165, 1.54) is 24.1 Å². The molecule has 1 aromatic carbocycles. The molecular weight excluding hydrogens is 429 g/mol. The lowest BCUT2D eigenvalue weighted by atomic mass is 9.49. The van der Waals surface area contributed by atoms with Crippen LogP contribution < -0.4 is 0 Å². The van der Waals surface area contributed by atoms with Gasteiger partial charge in [0.25, 0.3) is 5.91 Å². The zero-order chi connectivity index (χ0) is 24.5. The number of allylic oxidation sites excluding steroid dienone is 1. The molecule has 34 heavy (non-hydrogen) atoms. The highest BCUT2D eigenvalue weighted by Gasteiger charge is 2.51. The van der Waals surface area contributed by atoms with Gasteiger partial charge in [-0.15, -0.1) is 0 Å². The van der Waals surface area contributed by atoms with Gasteiger partial charge in [-0.05, 0) is 60.3 Å². The van der Waals surface area contributed by atoms with Gasteiger partial charge in [0.05, 0.1) is 0 Å². The predicted molar refractivity (Wildman–Crippen MR) is 133 cm³/mol. The molecule has 0 aromatic heterocycles. The van der Waals surface area contributed by atoms with Crippen molar-refractivity contribution < 1.29 is 14.0 Å². The van der Waals surface area contributed by atoms with Crippen LogP contribution in [0.15, 0.2) is 35.9 Å². The summed E-state index contributed by atoms with van der Waals surface area (Å²) in [5, 5.41) is 0. The van der Waals surface area contributed by atoms with Gasteiger partial charge >= 0.3 is 0 Å². The molecule has 2 fully saturated rings. The van der Waals surface area contributed by atoms with Gasteiger partial charge in [0.1, 0.15) is 5.82 Å². The SMILES string of the molecule is CC(C)CC(=O)N1CCN(CCN(CC2=CCC3CC2C3(C)C)C(=O)c2ccc(F)cc2)CC1. The van der Waals surface area contributed by atoms with Crippen molar-refractivity contribution in [3.8, 4) is 0 Å². The van der Waals surface area contributed by atoms with Gasteiger partial charge in [-0.25, -0.2) is 4.39 Å². The van der Waals surface area contributed by atoms with Crippen LogP contribution in [0.5, 0.6) is 0 Å². The molecule has 2 amide bonds. The first-order valence-electron chi connectivity index (χ1n) is 12.9. The molecule has 1 aliphatic heterocycles. The molecule has 1 heterocycles. The molecule has 0 spiro atoms. The molecule has 2 atom stereocenters. The Hall–Kier alpha value is -2.21. The van der Waals surface area contributed by atoms with E-state index in [1.807, 2.05) is 9.80 Å². The molecule has 1 aromatic rings. The summed E-state index contributed by atoms with van der Waals surface area (Å²) in [7, 11) is 0. The van der Waals surface area contributed by atoms with Crippen LogP contribution in [0.1, 0.15) is 57.3 Å². The number of carbonyl (C=O) groups excluding carboxylic acids is 2. The molecule has 3 aliphatic carbocycles. The number of piperazine rings is 1. The summed E-state index contributed by atoms with van der Waals surface area (Å²) in [4.78, 5) is 32.1. The van der Waals surface area contributed by atoms with Gasteiger partial charge in [0.15, 0.2) is 0 Å². The number of amides is 2. The molecule has 4 aliphatic rings. The molecule has 0 N–H and O–H groups in total. The number of benzene rings is 1.